The highest BCUT2D eigenvalue weighted by molar-refractivity contribution is 6.06. The van der Waals surface area contributed by atoms with Crippen LogP contribution in [-0.4, -0.2) is 60.9 Å². The molecule has 2 aliphatic heterocycles. The number of ether oxygens (including phenoxy) is 2. The average Bonchev–Trinajstić information content (AvgIpc) is 3.23. The Hall–Kier alpha value is -3.68. The number of likely N-dealkylation sites (tertiary alicyclic amines) is 1. The molecule has 0 radical (unpaired) electrons. The Balaban J connectivity index is 1.29. The fourth-order valence-electron chi connectivity index (χ4n) is 6.38. The molecule has 0 unspecified atom stereocenters. The van der Waals surface area contributed by atoms with Gasteiger partial charge in [-0.2, -0.15) is 14.0 Å². The molecule has 0 aromatic heterocycles. The number of alkyl halides is 2. The van der Waals surface area contributed by atoms with Gasteiger partial charge >= 0.3 is 6.61 Å². The van der Waals surface area contributed by atoms with E-state index >= 15 is 0 Å². The Morgan fingerprint density at radius 2 is 2.02 bits per heavy atom. The summed E-state index contributed by atoms with van der Waals surface area (Å²) < 4.78 is 38.2. The van der Waals surface area contributed by atoms with Crippen molar-refractivity contribution in [3.05, 3.63) is 59.8 Å². The number of halogens is 2. The molecular formula is C32H38F2N4O4. The number of aliphatic hydroxyl groups excluding tert-OH is 1. The first kappa shape index (κ1) is 29.8. The van der Waals surface area contributed by atoms with E-state index in [0.29, 0.717) is 68.9 Å². The molecule has 2 heterocycles. The third-order valence-electron chi connectivity index (χ3n) is 9.11. The second-order valence-electron chi connectivity index (χ2n) is 11.5. The van der Waals surface area contributed by atoms with Crippen molar-refractivity contribution in [2.24, 2.45) is 0 Å². The molecule has 2 fully saturated rings. The van der Waals surface area contributed by atoms with Gasteiger partial charge in [-0.1, -0.05) is 20.4 Å². The molecule has 0 bridgehead atoms. The van der Waals surface area contributed by atoms with Gasteiger partial charge in [0.2, 0.25) is 5.91 Å². The topological polar surface area (TPSA) is 98.1 Å². The molecule has 2 aromatic rings. The van der Waals surface area contributed by atoms with Crippen LogP contribution in [0.2, 0.25) is 0 Å². The number of rotatable bonds is 11. The molecule has 1 saturated carbocycles. The summed E-state index contributed by atoms with van der Waals surface area (Å²) in [6, 6.07) is 10.9. The van der Waals surface area contributed by atoms with Gasteiger partial charge in [0, 0.05) is 24.3 Å². The van der Waals surface area contributed by atoms with Gasteiger partial charge in [0.05, 0.1) is 28.8 Å². The summed E-state index contributed by atoms with van der Waals surface area (Å²) >= 11 is 0. The molecule has 2 aromatic carbocycles. The predicted molar refractivity (Wildman–Crippen MR) is 156 cm³/mol. The van der Waals surface area contributed by atoms with Crippen LogP contribution in [-0.2, 0) is 10.2 Å². The van der Waals surface area contributed by atoms with E-state index in [1.54, 1.807) is 18.3 Å². The number of hydrogen-bond acceptors (Lipinski definition) is 7. The summed E-state index contributed by atoms with van der Waals surface area (Å²) in [5.74, 6) is 0.500. The van der Waals surface area contributed by atoms with Crippen molar-refractivity contribution in [1.29, 1.82) is 5.26 Å². The fraction of sp³-hybridized carbons (Fsp3) is 0.500. The minimum absolute atomic E-state index is 0.0160. The number of fused-ring (bicyclic) bond motifs is 2. The minimum Gasteiger partial charge on any atom is -0.492 e. The van der Waals surface area contributed by atoms with Gasteiger partial charge in [0.15, 0.2) is 5.75 Å². The van der Waals surface area contributed by atoms with Gasteiger partial charge in [-0.15, -0.1) is 0 Å². The van der Waals surface area contributed by atoms with Crippen molar-refractivity contribution in [2.75, 3.05) is 36.5 Å². The standard InChI is InChI=1S/C32H38F2N4O4/c1-4-20(3)25-17-24(18-28(42-31(33)34)29(25)38(5-2)22-15-23(39)16-22)41-13-12-37-10-8-32(9-11-37)26-14-21(19-35)6-7-27(26)36-30(32)40/h5-7,14,17-18,20,22-23,31,39H,2,4,8-13,15-16H2,1,3H3,(H,36,40)/t20-,22?,23?/m1/s1. The normalized spacial score (nSPS) is 21.7. The molecule has 8 nitrogen and oxygen atoms in total. The molecule has 5 rings (SSSR count). The summed E-state index contributed by atoms with van der Waals surface area (Å²) in [4.78, 5) is 17.1. The summed E-state index contributed by atoms with van der Waals surface area (Å²) in [5.41, 5.74) is 2.96. The number of piperidine rings is 1. The van der Waals surface area contributed by atoms with Crippen molar-refractivity contribution in [1.82, 2.24) is 4.90 Å². The van der Waals surface area contributed by atoms with Crippen LogP contribution in [0.1, 0.15) is 68.6 Å². The summed E-state index contributed by atoms with van der Waals surface area (Å²) in [5, 5.41) is 22.2. The summed E-state index contributed by atoms with van der Waals surface area (Å²) in [6.45, 7) is 7.28. The second kappa shape index (κ2) is 12.3. The lowest BCUT2D eigenvalue weighted by atomic mass is 9.73. The molecule has 1 amide bonds. The van der Waals surface area contributed by atoms with E-state index in [0.717, 1.165) is 23.2 Å². The molecule has 2 N–H and O–H groups in total. The number of aliphatic hydroxyl groups is 1. The van der Waals surface area contributed by atoms with Gasteiger partial charge in [-0.05, 0) is 92.7 Å². The molecule has 224 valence electrons. The number of nitrogens with one attached hydrogen (secondary N) is 1. The van der Waals surface area contributed by atoms with E-state index in [1.807, 2.05) is 30.9 Å². The number of carbonyl (C=O) groups excluding carboxylic acids is 1. The van der Waals surface area contributed by atoms with Crippen LogP contribution in [0, 0.1) is 11.3 Å². The zero-order valence-electron chi connectivity index (χ0n) is 24.1. The minimum atomic E-state index is -3.01. The summed E-state index contributed by atoms with van der Waals surface area (Å²) in [6.07, 6.45) is 4.31. The molecule has 42 heavy (non-hydrogen) atoms. The molecule has 1 spiro atoms. The van der Waals surface area contributed by atoms with Crippen molar-refractivity contribution in [2.45, 2.75) is 76.0 Å². The van der Waals surface area contributed by atoms with Crippen LogP contribution in [0.5, 0.6) is 11.5 Å². The van der Waals surface area contributed by atoms with Crippen LogP contribution >= 0.6 is 0 Å². The van der Waals surface area contributed by atoms with Gasteiger partial charge in [-0.3, -0.25) is 9.69 Å². The highest BCUT2D eigenvalue weighted by atomic mass is 19.3. The fourth-order valence-corrected chi connectivity index (χ4v) is 6.38. The summed E-state index contributed by atoms with van der Waals surface area (Å²) in [7, 11) is 0. The van der Waals surface area contributed by atoms with Gasteiger partial charge in [0.1, 0.15) is 12.4 Å². The van der Waals surface area contributed by atoms with Crippen LogP contribution in [0.15, 0.2) is 43.1 Å². The zero-order chi connectivity index (χ0) is 30.0. The van der Waals surface area contributed by atoms with Crippen molar-refractivity contribution in [3.8, 4) is 17.6 Å². The van der Waals surface area contributed by atoms with Gasteiger partial charge in [0.25, 0.3) is 0 Å². The highest BCUT2D eigenvalue weighted by Crippen LogP contribution is 2.46. The number of carbonyl (C=O) groups is 1. The molecular weight excluding hydrogens is 542 g/mol. The smallest absolute Gasteiger partial charge is 0.387 e. The molecule has 1 aliphatic carbocycles. The van der Waals surface area contributed by atoms with E-state index in [2.05, 4.69) is 22.9 Å². The SMILES string of the molecule is C=CN(c1c(OC(F)F)cc(OCCN2CCC3(CC2)C(=O)Nc2ccc(C#N)cc23)cc1[C@H](C)CC)C1CC(O)C1. The van der Waals surface area contributed by atoms with Gasteiger partial charge in [-0.25, -0.2) is 0 Å². The van der Waals surface area contributed by atoms with Crippen LogP contribution in [0.4, 0.5) is 20.2 Å². The molecule has 1 atom stereocenters. The average molecular weight is 581 g/mol. The quantitative estimate of drug-likeness (QED) is 0.362. The highest BCUT2D eigenvalue weighted by Gasteiger charge is 2.48. The van der Waals surface area contributed by atoms with Crippen LogP contribution in [0.3, 0.4) is 0 Å². The first-order valence-electron chi connectivity index (χ1n) is 14.6. The zero-order valence-corrected chi connectivity index (χ0v) is 24.1. The number of nitriles is 1. The third-order valence-corrected chi connectivity index (χ3v) is 9.11. The maximum absolute atomic E-state index is 13.6. The van der Waals surface area contributed by atoms with Crippen LogP contribution < -0.4 is 19.7 Å². The van der Waals surface area contributed by atoms with Crippen molar-refractivity contribution >= 4 is 17.3 Å². The van der Waals surface area contributed by atoms with E-state index in [-0.39, 0.29) is 23.6 Å². The first-order valence-corrected chi connectivity index (χ1v) is 14.6. The first-order chi connectivity index (χ1) is 20.2. The Morgan fingerprint density at radius 1 is 1.29 bits per heavy atom. The largest absolute Gasteiger partial charge is 0.492 e. The van der Waals surface area contributed by atoms with Crippen LogP contribution in [0.25, 0.3) is 0 Å². The second-order valence-corrected chi connectivity index (χ2v) is 11.5. The number of benzene rings is 2. The lowest BCUT2D eigenvalue weighted by molar-refractivity contribution is -0.122. The number of nitrogens with zero attached hydrogens (tertiary/aromatic N) is 3. The van der Waals surface area contributed by atoms with E-state index < -0.39 is 18.1 Å². The lowest BCUT2D eigenvalue weighted by Crippen LogP contribution is -2.47. The van der Waals surface area contributed by atoms with Gasteiger partial charge < -0.3 is 24.8 Å². The Kier molecular flexibility index (Phi) is 8.71. The van der Waals surface area contributed by atoms with E-state index in [9.17, 15) is 23.9 Å². The maximum atomic E-state index is 13.6. The number of anilines is 2. The maximum Gasteiger partial charge on any atom is 0.387 e. The Bertz CT molecular complexity index is 1360. The third kappa shape index (κ3) is 5.68. The van der Waals surface area contributed by atoms with E-state index in [1.165, 1.54) is 6.07 Å². The lowest BCUT2D eigenvalue weighted by Gasteiger charge is -2.41. The molecule has 10 heteroatoms. The predicted octanol–water partition coefficient (Wildman–Crippen LogP) is 5.51. The van der Waals surface area contributed by atoms with Crippen molar-refractivity contribution < 1.29 is 28.2 Å². The monoisotopic (exact) mass is 580 g/mol. The Morgan fingerprint density at radius 3 is 2.64 bits per heavy atom. The van der Waals surface area contributed by atoms with Crippen molar-refractivity contribution in [3.63, 3.8) is 0 Å². The number of hydrogen-bond donors (Lipinski definition) is 2. The number of amides is 1. The van der Waals surface area contributed by atoms with E-state index in [4.69, 9.17) is 9.47 Å². The molecule has 3 aliphatic rings. The Labute approximate surface area is 245 Å². The molecule has 1 saturated heterocycles.